The van der Waals surface area contributed by atoms with Gasteiger partial charge in [0.25, 0.3) is 0 Å². The second-order valence-corrected chi connectivity index (χ2v) is 6.34. The van der Waals surface area contributed by atoms with Crippen LogP contribution in [0.1, 0.15) is 29.9 Å². The third-order valence-corrected chi connectivity index (χ3v) is 4.26. The molecule has 140 valence electrons. The van der Waals surface area contributed by atoms with Crippen molar-refractivity contribution in [3.05, 3.63) is 70.5 Å². The molecule has 8 heteroatoms. The Morgan fingerprint density at radius 3 is 2.70 bits per heavy atom. The largest absolute Gasteiger partial charge is 0.416 e. The van der Waals surface area contributed by atoms with Crippen LogP contribution in [0.5, 0.6) is 0 Å². The predicted molar refractivity (Wildman–Crippen MR) is 98.1 cm³/mol. The Morgan fingerprint density at radius 2 is 2.00 bits per heavy atom. The van der Waals surface area contributed by atoms with Crippen molar-refractivity contribution in [3.63, 3.8) is 0 Å². The fourth-order valence-corrected chi connectivity index (χ4v) is 2.70. The van der Waals surface area contributed by atoms with Crippen LogP contribution < -0.4 is 5.32 Å². The quantitative estimate of drug-likeness (QED) is 0.604. The van der Waals surface area contributed by atoms with E-state index in [1.165, 1.54) is 6.08 Å². The van der Waals surface area contributed by atoms with Crippen LogP contribution in [0.15, 0.2) is 48.5 Å². The number of aromatic nitrogens is 2. The highest BCUT2D eigenvalue weighted by molar-refractivity contribution is 6.32. The molecule has 0 unspecified atom stereocenters. The Bertz CT molecular complexity index is 978. The molecule has 1 aromatic heterocycles. The van der Waals surface area contributed by atoms with Gasteiger partial charge in [-0.2, -0.15) is 13.2 Å². The van der Waals surface area contributed by atoms with Crippen molar-refractivity contribution < 1.29 is 18.0 Å². The van der Waals surface area contributed by atoms with E-state index in [-0.39, 0.29) is 10.6 Å². The molecule has 27 heavy (non-hydrogen) atoms. The molecule has 0 saturated carbocycles. The second kappa shape index (κ2) is 7.44. The zero-order valence-corrected chi connectivity index (χ0v) is 14.9. The van der Waals surface area contributed by atoms with E-state index in [9.17, 15) is 18.0 Å². The Morgan fingerprint density at radius 1 is 1.26 bits per heavy atom. The minimum absolute atomic E-state index is 0.109. The van der Waals surface area contributed by atoms with E-state index >= 15 is 0 Å². The Balaban J connectivity index is 1.71. The first-order valence-corrected chi connectivity index (χ1v) is 8.42. The molecule has 0 spiro atoms. The number of alkyl halides is 3. The first-order valence-electron chi connectivity index (χ1n) is 8.04. The number of para-hydroxylation sites is 2. The lowest BCUT2D eigenvalue weighted by molar-refractivity contribution is -0.137. The zero-order valence-electron chi connectivity index (χ0n) is 14.1. The zero-order chi connectivity index (χ0) is 19.6. The molecule has 0 bridgehead atoms. The number of nitrogens with zero attached hydrogens (tertiary/aromatic N) is 1. The maximum atomic E-state index is 12.8. The monoisotopic (exact) mass is 393 g/mol. The van der Waals surface area contributed by atoms with Crippen molar-refractivity contribution in [2.75, 3.05) is 0 Å². The van der Waals surface area contributed by atoms with Crippen molar-refractivity contribution in [3.8, 4) is 0 Å². The fourth-order valence-electron chi connectivity index (χ4n) is 2.52. The number of hydrogen-bond donors (Lipinski definition) is 2. The van der Waals surface area contributed by atoms with Gasteiger partial charge < -0.3 is 10.3 Å². The molecule has 0 aliphatic carbocycles. The molecule has 3 aromatic rings. The van der Waals surface area contributed by atoms with Crippen LogP contribution in [0.3, 0.4) is 0 Å². The van der Waals surface area contributed by atoms with E-state index < -0.39 is 23.7 Å². The van der Waals surface area contributed by atoms with Gasteiger partial charge in [-0.1, -0.05) is 23.7 Å². The molecular formula is C19H15ClF3N3O. The normalized spacial score (nSPS) is 13.2. The van der Waals surface area contributed by atoms with Crippen LogP contribution in [-0.4, -0.2) is 15.9 Å². The average molecular weight is 394 g/mol. The number of fused-ring (bicyclic) bond motifs is 1. The van der Waals surface area contributed by atoms with Gasteiger partial charge in [0.15, 0.2) is 0 Å². The van der Waals surface area contributed by atoms with E-state index in [1.807, 2.05) is 24.3 Å². The third kappa shape index (κ3) is 4.49. The summed E-state index contributed by atoms with van der Waals surface area (Å²) in [6.07, 6.45) is -2.09. The summed E-state index contributed by atoms with van der Waals surface area (Å²) < 4.78 is 38.4. The van der Waals surface area contributed by atoms with Crippen molar-refractivity contribution in [2.45, 2.75) is 19.1 Å². The fraction of sp³-hybridized carbons (Fsp3) is 0.158. The van der Waals surface area contributed by atoms with Crippen molar-refractivity contribution >= 4 is 34.6 Å². The van der Waals surface area contributed by atoms with Gasteiger partial charge in [-0.05, 0) is 48.9 Å². The number of imidazole rings is 1. The molecule has 1 atom stereocenters. The highest BCUT2D eigenvalue weighted by atomic mass is 35.5. The van der Waals surface area contributed by atoms with E-state index in [4.69, 9.17) is 11.6 Å². The number of halogens is 4. The van der Waals surface area contributed by atoms with Crippen molar-refractivity contribution in [2.24, 2.45) is 0 Å². The molecule has 2 N–H and O–H groups in total. The predicted octanol–water partition coefficient (Wildman–Crippen LogP) is 5.13. The number of nitrogens with one attached hydrogen (secondary N) is 2. The van der Waals surface area contributed by atoms with Gasteiger partial charge >= 0.3 is 6.18 Å². The number of aromatic amines is 1. The lowest BCUT2D eigenvalue weighted by atomic mass is 10.1. The summed E-state index contributed by atoms with van der Waals surface area (Å²) in [7, 11) is 0. The van der Waals surface area contributed by atoms with Crippen molar-refractivity contribution in [1.82, 2.24) is 15.3 Å². The van der Waals surface area contributed by atoms with Gasteiger partial charge in [0, 0.05) is 11.1 Å². The Kier molecular flexibility index (Phi) is 5.23. The molecule has 4 nitrogen and oxygen atoms in total. The third-order valence-electron chi connectivity index (χ3n) is 3.91. The summed E-state index contributed by atoms with van der Waals surface area (Å²) in [5.74, 6) is 0.103. The molecule has 0 radical (unpaired) electrons. The van der Waals surface area contributed by atoms with Gasteiger partial charge in [-0.3, -0.25) is 4.79 Å². The van der Waals surface area contributed by atoms with Crippen LogP contribution in [0.25, 0.3) is 17.1 Å². The smallest absolute Gasteiger partial charge is 0.343 e. The first-order chi connectivity index (χ1) is 12.7. The molecule has 0 aliphatic heterocycles. The molecular weight excluding hydrogens is 379 g/mol. The Labute approximate surface area is 158 Å². The van der Waals surface area contributed by atoms with Crippen molar-refractivity contribution in [1.29, 1.82) is 0 Å². The number of carbonyl (C=O) groups is 1. The van der Waals surface area contributed by atoms with Crippen LogP contribution in [0.4, 0.5) is 13.2 Å². The highest BCUT2D eigenvalue weighted by Crippen LogP contribution is 2.32. The number of amides is 1. The van der Waals surface area contributed by atoms with Gasteiger partial charge in [0.2, 0.25) is 5.91 Å². The Hall–Kier alpha value is -2.80. The number of carbonyl (C=O) groups excluding carboxylic acids is 1. The molecule has 0 aliphatic rings. The number of H-pyrrole nitrogens is 1. The molecule has 3 rings (SSSR count). The lowest BCUT2D eigenvalue weighted by Crippen LogP contribution is -2.25. The average Bonchev–Trinajstić information content (AvgIpc) is 3.04. The van der Waals surface area contributed by atoms with Crippen LogP contribution >= 0.6 is 11.6 Å². The standard InChI is InChI=1S/C19H15ClF3N3O/c1-11(18-25-15-4-2-3-5-16(15)26-18)24-17(27)9-6-12-10-13(19(21,22)23)7-8-14(12)20/h2-11H,1H3,(H,24,27)(H,25,26)/b9-6+/t11-/m0/s1. The summed E-state index contributed by atoms with van der Waals surface area (Å²) in [6, 6.07) is 9.98. The highest BCUT2D eigenvalue weighted by Gasteiger charge is 2.30. The maximum Gasteiger partial charge on any atom is 0.416 e. The minimum atomic E-state index is -4.48. The first kappa shape index (κ1) is 19.0. The molecule has 1 heterocycles. The van der Waals surface area contributed by atoms with E-state index in [0.717, 1.165) is 35.3 Å². The molecule has 0 saturated heterocycles. The number of benzene rings is 2. The van der Waals surface area contributed by atoms with Gasteiger partial charge in [0.05, 0.1) is 22.6 Å². The second-order valence-electron chi connectivity index (χ2n) is 5.94. The summed E-state index contributed by atoms with van der Waals surface area (Å²) in [4.78, 5) is 19.6. The topological polar surface area (TPSA) is 57.8 Å². The van der Waals surface area contributed by atoms with Gasteiger partial charge in [-0.25, -0.2) is 4.98 Å². The minimum Gasteiger partial charge on any atom is -0.343 e. The van der Waals surface area contributed by atoms with Gasteiger partial charge in [-0.15, -0.1) is 0 Å². The molecule has 2 aromatic carbocycles. The molecule has 0 fully saturated rings. The van der Waals surface area contributed by atoms with E-state index in [1.54, 1.807) is 6.92 Å². The summed E-state index contributed by atoms with van der Waals surface area (Å²) >= 11 is 5.91. The lowest BCUT2D eigenvalue weighted by Gasteiger charge is -2.10. The summed E-state index contributed by atoms with van der Waals surface area (Å²) in [5.41, 5.74) is 0.903. The summed E-state index contributed by atoms with van der Waals surface area (Å²) in [5, 5.41) is 2.83. The maximum absolute atomic E-state index is 12.8. The van der Waals surface area contributed by atoms with Crippen LogP contribution in [0.2, 0.25) is 5.02 Å². The SMILES string of the molecule is C[C@H](NC(=O)/C=C/c1cc(C(F)(F)F)ccc1Cl)c1nc2ccccc2[nH]1. The molecule has 1 amide bonds. The van der Waals surface area contributed by atoms with Crippen LogP contribution in [-0.2, 0) is 11.0 Å². The van der Waals surface area contributed by atoms with Gasteiger partial charge in [0.1, 0.15) is 5.82 Å². The van der Waals surface area contributed by atoms with Crippen LogP contribution in [0, 0.1) is 0 Å². The van der Waals surface area contributed by atoms with E-state index in [0.29, 0.717) is 5.82 Å². The van der Waals surface area contributed by atoms with E-state index in [2.05, 4.69) is 15.3 Å². The summed E-state index contributed by atoms with van der Waals surface area (Å²) in [6.45, 7) is 1.75. The number of hydrogen-bond acceptors (Lipinski definition) is 2. The number of rotatable bonds is 4.